The third-order valence-corrected chi connectivity index (χ3v) is 3.72. The average Bonchev–Trinajstić information content (AvgIpc) is 2.66. The topological polar surface area (TPSA) is 120 Å². The number of urea groups is 1. The van der Waals surface area contributed by atoms with Crippen LogP contribution in [0.4, 0.5) is 4.79 Å². The summed E-state index contributed by atoms with van der Waals surface area (Å²) in [6.45, 7) is 0.161. The molecule has 2 rings (SSSR count). The summed E-state index contributed by atoms with van der Waals surface area (Å²) in [5, 5.41) is 0.436. The predicted molar refractivity (Wildman–Crippen MR) is 71.0 cm³/mol. The minimum Gasteiger partial charge on any atom is -0.724 e. The van der Waals surface area contributed by atoms with Gasteiger partial charge in [-0.05, 0) is 6.08 Å². The van der Waals surface area contributed by atoms with Crippen molar-refractivity contribution in [2.24, 2.45) is 0 Å². The molecular formula is C11H16N3NaO7S. The first kappa shape index (κ1) is 20.4. The molecule has 10 nitrogen and oxygen atoms in total. The van der Waals surface area contributed by atoms with E-state index in [0.29, 0.717) is 5.06 Å². The smallest absolute Gasteiger partial charge is 0.724 e. The van der Waals surface area contributed by atoms with Crippen LogP contribution in [0.2, 0.25) is 0 Å². The van der Waals surface area contributed by atoms with Crippen molar-refractivity contribution in [1.29, 1.82) is 0 Å². The number of hydroxylamine groups is 2. The number of carbonyl (C=O) groups excluding carboxylic acids is 2. The first-order valence-corrected chi connectivity index (χ1v) is 7.66. The molecule has 0 saturated carbocycles. The predicted octanol–water partition coefficient (Wildman–Crippen LogP) is -4.47. The van der Waals surface area contributed by atoms with Gasteiger partial charge in [-0.3, -0.25) is 4.79 Å². The largest absolute Gasteiger partial charge is 1.00 e. The summed E-state index contributed by atoms with van der Waals surface area (Å²) in [6.07, 6.45) is 1.53. The van der Waals surface area contributed by atoms with Crippen molar-refractivity contribution in [2.45, 2.75) is 12.1 Å². The number of hydrogen-bond donors (Lipinski definition) is 0. The van der Waals surface area contributed by atoms with E-state index < -0.39 is 34.4 Å². The molecule has 2 aliphatic rings. The molecule has 0 N–H and O–H groups in total. The Morgan fingerprint density at radius 2 is 2.09 bits per heavy atom. The van der Waals surface area contributed by atoms with Crippen LogP contribution >= 0.6 is 0 Å². The zero-order valence-electron chi connectivity index (χ0n) is 13.3. The number of carbonyl (C=O) groups is 2. The van der Waals surface area contributed by atoms with Gasteiger partial charge in [-0.2, -0.15) is 9.35 Å². The standard InChI is InChI=1S/C11H17N3O7S.Na/c1-12(2)10(15)8-4-7(6-20-3)13-5-9(8)14(11(13)16)21-22(17,18)19;/h4,7,9H,5-6H2,1-3H3,(H,17,18,19);/q;+1/p-1. The number of rotatable bonds is 5. The second-order valence-corrected chi connectivity index (χ2v) is 6.07. The average molecular weight is 357 g/mol. The summed E-state index contributed by atoms with van der Waals surface area (Å²) in [5.74, 6) is -0.405. The van der Waals surface area contributed by atoms with Crippen molar-refractivity contribution in [3.05, 3.63) is 11.6 Å². The number of ether oxygens (including phenoxy) is 1. The molecule has 0 radical (unpaired) electrons. The van der Waals surface area contributed by atoms with Crippen LogP contribution in [0, 0.1) is 0 Å². The minimum absolute atomic E-state index is 0. The quantitative estimate of drug-likeness (QED) is 0.276. The van der Waals surface area contributed by atoms with E-state index in [1.54, 1.807) is 0 Å². The maximum absolute atomic E-state index is 12.2. The Balaban J connectivity index is 0.00000264. The van der Waals surface area contributed by atoms with Crippen LogP contribution in [-0.4, -0.2) is 86.2 Å². The molecule has 2 unspecified atom stereocenters. The molecule has 0 aliphatic carbocycles. The molecule has 2 bridgehead atoms. The Morgan fingerprint density at radius 1 is 1.48 bits per heavy atom. The van der Waals surface area contributed by atoms with Crippen LogP contribution in [0.25, 0.3) is 0 Å². The van der Waals surface area contributed by atoms with Gasteiger partial charge in [-0.15, -0.1) is 0 Å². The maximum Gasteiger partial charge on any atom is 1.00 e. The van der Waals surface area contributed by atoms with Crippen molar-refractivity contribution in [1.82, 2.24) is 14.9 Å². The normalized spacial score (nSPS) is 23.5. The summed E-state index contributed by atoms with van der Waals surface area (Å²) in [5.41, 5.74) is 0.179. The molecule has 1 saturated heterocycles. The van der Waals surface area contributed by atoms with E-state index in [2.05, 4.69) is 4.28 Å². The molecule has 0 aromatic heterocycles. The van der Waals surface area contributed by atoms with E-state index in [4.69, 9.17) is 4.74 Å². The fourth-order valence-electron chi connectivity index (χ4n) is 2.47. The van der Waals surface area contributed by atoms with Crippen LogP contribution in [0.3, 0.4) is 0 Å². The van der Waals surface area contributed by atoms with Gasteiger partial charge >= 0.3 is 35.6 Å². The summed E-state index contributed by atoms with van der Waals surface area (Å²) in [4.78, 5) is 27.0. The van der Waals surface area contributed by atoms with Crippen molar-refractivity contribution in [3.8, 4) is 0 Å². The monoisotopic (exact) mass is 357 g/mol. The molecule has 3 amide bonds. The third-order valence-electron chi connectivity index (χ3n) is 3.38. The summed E-state index contributed by atoms with van der Waals surface area (Å²) in [7, 11) is -0.656. The fourth-order valence-corrected chi connectivity index (χ4v) is 2.84. The zero-order valence-corrected chi connectivity index (χ0v) is 16.1. The first-order chi connectivity index (χ1) is 10.2. The van der Waals surface area contributed by atoms with Crippen LogP contribution in [0.1, 0.15) is 0 Å². The number of amides is 3. The van der Waals surface area contributed by atoms with E-state index in [9.17, 15) is 22.6 Å². The van der Waals surface area contributed by atoms with Crippen LogP contribution < -0.4 is 29.6 Å². The molecule has 0 spiro atoms. The Labute approximate surface area is 156 Å². The molecule has 1 fully saturated rings. The molecule has 2 heterocycles. The van der Waals surface area contributed by atoms with Gasteiger partial charge in [-0.1, -0.05) is 0 Å². The second kappa shape index (κ2) is 7.47. The van der Waals surface area contributed by atoms with Gasteiger partial charge in [0.25, 0.3) is 5.91 Å². The number of methoxy groups -OCH3 is 1. The Bertz CT molecular complexity index is 621. The maximum atomic E-state index is 12.2. The van der Waals surface area contributed by atoms with Gasteiger partial charge in [0.2, 0.25) is 10.4 Å². The van der Waals surface area contributed by atoms with Crippen LogP contribution in [0.5, 0.6) is 0 Å². The van der Waals surface area contributed by atoms with Gasteiger partial charge in [0, 0.05) is 26.8 Å². The number of hydrogen-bond acceptors (Lipinski definition) is 7. The van der Waals surface area contributed by atoms with E-state index >= 15 is 0 Å². The molecule has 2 atom stereocenters. The fraction of sp³-hybridized carbons (Fsp3) is 0.636. The van der Waals surface area contributed by atoms with Gasteiger partial charge in [0.15, 0.2) is 0 Å². The molecule has 124 valence electrons. The first-order valence-electron chi connectivity index (χ1n) is 6.33. The van der Waals surface area contributed by atoms with Gasteiger partial charge in [-0.25, -0.2) is 13.2 Å². The molecular weight excluding hydrogens is 341 g/mol. The Morgan fingerprint density at radius 3 is 2.57 bits per heavy atom. The molecule has 2 aliphatic heterocycles. The van der Waals surface area contributed by atoms with E-state index in [1.807, 2.05) is 0 Å². The Hall–Kier alpha value is -0.690. The van der Waals surface area contributed by atoms with E-state index in [0.717, 1.165) is 0 Å². The van der Waals surface area contributed by atoms with Gasteiger partial charge in [0.05, 0.1) is 19.2 Å². The van der Waals surface area contributed by atoms with Gasteiger partial charge in [0.1, 0.15) is 6.04 Å². The van der Waals surface area contributed by atoms with Crippen molar-refractivity contribution >= 4 is 22.3 Å². The molecule has 0 aromatic rings. The summed E-state index contributed by atoms with van der Waals surface area (Å²) >= 11 is 0. The number of nitrogens with zero attached hydrogens (tertiary/aromatic N) is 3. The molecule has 0 aromatic carbocycles. The SMILES string of the molecule is COCC1C=C(C(=O)N(C)C)C2CN1C(=O)N2OS(=O)(=O)[O-].[Na+]. The van der Waals surface area contributed by atoms with Gasteiger partial charge < -0.3 is 19.1 Å². The minimum atomic E-state index is -5.13. The van der Waals surface area contributed by atoms with E-state index in [1.165, 1.54) is 37.1 Å². The summed E-state index contributed by atoms with van der Waals surface area (Å²) in [6, 6.07) is -2.31. The molecule has 12 heteroatoms. The molecule has 23 heavy (non-hydrogen) atoms. The number of fused-ring (bicyclic) bond motifs is 2. The number of likely N-dealkylation sites (N-methyl/N-ethyl adjacent to an activating group) is 1. The summed E-state index contributed by atoms with van der Waals surface area (Å²) < 4.78 is 41.6. The van der Waals surface area contributed by atoms with Crippen molar-refractivity contribution in [2.75, 3.05) is 34.4 Å². The third kappa shape index (κ3) is 4.24. The second-order valence-electron chi connectivity index (χ2n) is 5.10. The van der Waals surface area contributed by atoms with E-state index in [-0.39, 0.29) is 48.3 Å². The van der Waals surface area contributed by atoms with Crippen molar-refractivity contribution in [3.63, 3.8) is 0 Å². The van der Waals surface area contributed by atoms with Crippen LogP contribution in [0.15, 0.2) is 11.6 Å². The Kier molecular flexibility index (Phi) is 6.61. The zero-order chi connectivity index (χ0) is 16.7. The van der Waals surface area contributed by atoms with Crippen molar-refractivity contribution < 1.29 is 61.1 Å². The van der Waals surface area contributed by atoms with Crippen LogP contribution in [-0.2, 0) is 24.2 Å².